The van der Waals surface area contributed by atoms with Crippen LogP contribution >= 0.6 is 0 Å². The van der Waals surface area contributed by atoms with Crippen molar-refractivity contribution < 1.29 is 29.5 Å². The largest absolute Gasteiger partial charge is 0.350 e. The average molecular weight is 271 g/mol. The van der Waals surface area contributed by atoms with Gasteiger partial charge >= 0.3 is 0 Å². The van der Waals surface area contributed by atoms with Gasteiger partial charge in [0.1, 0.15) is 6.04 Å². The number of amides is 3. The molecule has 0 saturated carbocycles. The number of imide groups is 1. The van der Waals surface area contributed by atoms with Gasteiger partial charge in [-0.1, -0.05) is 30.2 Å². The molecule has 1 aromatic rings. The molecule has 1 atom stereocenters. The summed E-state index contributed by atoms with van der Waals surface area (Å²) >= 11 is 0. The van der Waals surface area contributed by atoms with Crippen LogP contribution in [0.4, 0.5) is 0 Å². The van der Waals surface area contributed by atoms with E-state index in [1.807, 2.05) is 0 Å². The lowest BCUT2D eigenvalue weighted by Crippen LogP contribution is -2.47. The van der Waals surface area contributed by atoms with Gasteiger partial charge in [-0.2, -0.15) is 0 Å². The molecule has 1 aromatic carbocycles. The van der Waals surface area contributed by atoms with E-state index in [2.05, 4.69) is 0 Å². The Morgan fingerprint density at radius 1 is 1.42 bits per heavy atom. The lowest BCUT2D eigenvalue weighted by molar-refractivity contribution is -0.146. The van der Waals surface area contributed by atoms with E-state index in [-0.39, 0.29) is 4.90 Å². The SMILES string of the molecule is [2H]c1c([2H])c([2H])c(C([2H])([2H])NC(=O)[C@@H](C)N2C(=O)C([2H])([2H])C([2H])([2H])C2=O)c([2H])c1[2H]. The van der Waals surface area contributed by atoms with Crippen molar-refractivity contribution in [2.75, 3.05) is 0 Å². The van der Waals surface area contributed by atoms with Crippen molar-refractivity contribution in [1.82, 2.24) is 10.2 Å². The zero-order valence-corrected chi connectivity index (χ0v) is 9.75. The van der Waals surface area contributed by atoms with E-state index < -0.39 is 78.8 Å². The molecule has 5 heteroatoms. The maximum Gasteiger partial charge on any atom is 0.243 e. The molecule has 0 aromatic heterocycles. The Morgan fingerprint density at radius 2 is 2.00 bits per heavy atom. The van der Waals surface area contributed by atoms with E-state index >= 15 is 0 Å². The summed E-state index contributed by atoms with van der Waals surface area (Å²) in [4.78, 5) is 36.8. The predicted octanol–water partition coefficient (Wildman–Crippen LogP) is 0.840. The summed E-state index contributed by atoms with van der Waals surface area (Å²) in [7, 11) is 0. The summed E-state index contributed by atoms with van der Waals surface area (Å²) in [6, 6.07) is -6.15. The lowest BCUT2D eigenvalue weighted by Gasteiger charge is -2.21. The molecule has 0 aliphatic carbocycles. The molecule has 0 unspecified atom stereocenters. The van der Waals surface area contributed by atoms with Crippen molar-refractivity contribution in [2.24, 2.45) is 0 Å². The average Bonchev–Trinajstić information content (AvgIpc) is 2.74. The third kappa shape index (κ3) is 2.99. The van der Waals surface area contributed by atoms with Crippen molar-refractivity contribution >= 4 is 17.7 Å². The second kappa shape index (κ2) is 5.65. The van der Waals surface area contributed by atoms with E-state index in [0.717, 1.165) is 6.92 Å². The van der Waals surface area contributed by atoms with Crippen LogP contribution in [0.3, 0.4) is 0 Å². The summed E-state index contributed by atoms with van der Waals surface area (Å²) in [5.41, 5.74) is -0.890. The molecule has 0 spiro atoms. The van der Waals surface area contributed by atoms with Gasteiger partial charge in [-0.05, 0) is 12.5 Å². The molecule has 0 radical (unpaired) electrons. The van der Waals surface area contributed by atoms with Crippen LogP contribution < -0.4 is 5.32 Å². The normalized spacial score (nSPS) is 31.0. The monoisotopic (exact) mass is 271 g/mol. The molecular formula is C14H16N2O3. The maximum absolute atomic E-state index is 12.5. The second-order valence-corrected chi connectivity index (χ2v) is 3.52. The van der Waals surface area contributed by atoms with Crippen LogP contribution in [0.5, 0.6) is 0 Å². The molecule has 100 valence electrons. The van der Waals surface area contributed by atoms with Gasteiger partial charge in [-0.15, -0.1) is 0 Å². The van der Waals surface area contributed by atoms with Crippen molar-refractivity contribution in [3.05, 3.63) is 35.8 Å². The van der Waals surface area contributed by atoms with Crippen LogP contribution in [0.15, 0.2) is 30.2 Å². The molecule has 3 amide bonds. The zero-order valence-electron chi connectivity index (χ0n) is 20.7. The number of carbonyl (C=O) groups is 3. The van der Waals surface area contributed by atoms with Crippen molar-refractivity contribution in [1.29, 1.82) is 0 Å². The maximum atomic E-state index is 12.5. The van der Waals surface area contributed by atoms with Gasteiger partial charge in [0.05, 0.1) is 9.60 Å². The number of hydrogen-bond donors (Lipinski definition) is 1. The first-order chi connectivity index (χ1) is 13.4. The molecule has 1 saturated heterocycles. The summed E-state index contributed by atoms with van der Waals surface area (Å²) < 4.78 is 84.3. The van der Waals surface area contributed by atoms with Gasteiger partial charge in [0.25, 0.3) is 0 Å². The summed E-state index contributed by atoms with van der Waals surface area (Å²) in [5, 5.41) is 1.74. The Morgan fingerprint density at radius 3 is 2.58 bits per heavy atom. The molecule has 2 rings (SSSR count). The minimum atomic E-state index is -3.25. The van der Waals surface area contributed by atoms with Gasteiger partial charge in [-0.25, -0.2) is 0 Å². The van der Waals surface area contributed by atoms with Crippen LogP contribution in [-0.2, 0) is 20.9 Å². The summed E-state index contributed by atoms with van der Waals surface area (Å²) in [6.45, 7) is -2.11. The number of hydrogen-bond acceptors (Lipinski definition) is 3. The van der Waals surface area contributed by atoms with Gasteiger partial charge in [-0.3, -0.25) is 19.3 Å². The van der Waals surface area contributed by atoms with E-state index in [1.165, 1.54) is 0 Å². The minimum Gasteiger partial charge on any atom is -0.350 e. The first-order valence-corrected chi connectivity index (χ1v) is 5.18. The molecule has 1 aliphatic heterocycles. The van der Waals surface area contributed by atoms with Gasteiger partial charge in [0.15, 0.2) is 0 Å². The number of likely N-dealkylation sites (tertiary alicyclic amines) is 1. The molecule has 0 bridgehead atoms. The number of nitrogens with zero attached hydrogens (tertiary/aromatic N) is 1. The zero-order chi connectivity index (χ0) is 23.6. The fourth-order valence-corrected chi connectivity index (χ4v) is 1.33. The van der Waals surface area contributed by atoms with Crippen LogP contribution in [0.25, 0.3) is 0 Å². The van der Waals surface area contributed by atoms with Crippen LogP contribution in [-0.4, -0.2) is 28.7 Å². The Labute approximate surface area is 127 Å². The fraction of sp³-hybridized carbons (Fsp3) is 0.357. The molecule has 5 nitrogen and oxygen atoms in total. The number of nitrogens with one attached hydrogen (secondary N) is 1. The van der Waals surface area contributed by atoms with Crippen LogP contribution in [0.1, 0.15) is 40.3 Å². The quantitative estimate of drug-likeness (QED) is 0.825. The third-order valence-corrected chi connectivity index (χ3v) is 2.29. The smallest absolute Gasteiger partial charge is 0.243 e. The summed E-state index contributed by atoms with van der Waals surface area (Å²) in [6.07, 6.45) is -6.49. The first kappa shape index (κ1) is 5.07. The molecule has 1 heterocycles. The number of benzene rings is 1. The predicted molar refractivity (Wildman–Crippen MR) is 68.8 cm³/mol. The van der Waals surface area contributed by atoms with Crippen molar-refractivity contribution in [3.63, 3.8) is 0 Å². The van der Waals surface area contributed by atoms with Crippen molar-refractivity contribution in [2.45, 2.75) is 32.2 Å². The van der Waals surface area contributed by atoms with E-state index in [9.17, 15) is 14.4 Å². The van der Waals surface area contributed by atoms with Gasteiger partial charge in [0, 0.05) is 24.7 Å². The number of rotatable bonds is 4. The van der Waals surface area contributed by atoms with Crippen molar-refractivity contribution in [3.8, 4) is 0 Å². The highest BCUT2D eigenvalue weighted by Gasteiger charge is 2.35. The standard InChI is InChI=1S/C14H16N2O3/c1-10(16-12(17)7-8-13(16)18)14(19)15-9-11-5-3-2-4-6-11/h2-6,10H,7-9H2,1H3,(H,15,19)/t10-/m1/s1/i2D,3D,4D,5D,6D,7D2,8D2,9D2. The van der Waals surface area contributed by atoms with E-state index in [1.54, 1.807) is 5.32 Å². The molecule has 19 heavy (non-hydrogen) atoms. The second-order valence-electron chi connectivity index (χ2n) is 3.52. The third-order valence-electron chi connectivity index (χ3n) is 2.29. The molecule has 1 N–H and O–H groups in total. The van der Waals surface area contributed by atoms with Crippen LogP contribution in [0.2, 0.25) is 0 Å². The Bertz CT molecular complexity index is 908. The minimum absolute atomic E-state index is 0.0351. The lowest BCUT2D eigenvalue weighted by atomic mass is 10.2. The number of carbonyl (C=O) groups excluding carboxylic acids is 3. The highest BCUT2D eigenvalue weighted by molar-refractivity contribution is 6.05. The molecular weight excluding hydrogens is 244 g/mol. The highest BCUT2D eigenvalue weighted by atomic mass is 16.2. The molecule has 1 aliphatic rings. The fourth-order valence-electron chi connectivity index (χ4n) is 1.33. The Balaban J connectivity index is 2.41. The van der Waals surface area contributed by atoms with E-state index in [0.29, 0.717) is 0 Å². The van der Waals surface area contributed by atoms with E-state index in [4.69, 9.17) is 15.1 Å². The highest BCUT2D eigenvalue weighted by Crippen LogP contribution is 2.15. The Kier molecular flexibility index (Phi) is 1.51. The Hall–Kier alpha value is -2.17. The van der Waals surface area contributed by atoms with Gasteiger partial charge < -0.3 is 5.32 Å². The topological polar surface area (TPSA) is 66.5 Å². The first-order valence-electron chi connectivity index (χ1n) is 10.7. The van der Waals surface area contributed by atoms with Crippen LogP contribution in [0, 0.1) is 0 Å². The van der Waals surface area contributed by atoms with Gasteiger partial charge in [0.2, 0.25) is 17.7 Å². The summed E-state index contributed by atoms with van der Waals surface area (Å²) in [5.74, 6) is -4.62. The molecule has 1 fully saturated rings.